The number of hydrogen-bond donors (Lipinski definition) is 1. The summed E-state index contributed by atoms with van der Waals surface area (Å²) < 4.78 is 3.29. The first kappa shape index (κ1) is 22.8. The summed E-state index contributed by atoms with van der Waals surface area (Å²) in [4.78, 5) is 20.3. The monoisotopic (exact) mass is 516 g/mol. The van der Waals surface area contributed by atoms with E-state index in [1.165, 1.54) is 5.56 Å². The van der Waals surface area contributed by atoms with Gasteiger partial charge in [-0.1, -0.05) is 51.8 Å². The number of hydrogen-bond acceptors (Lipinski definition) is 3. The maximum Gasteiger partial charge on any atom is 0.227 e. The summed E-state index contributed by atoms with van der Waals surface area (Å²) in [6.07, 6.45) is 1.71. The lowest BCUT2D eigenvalue weighted by atomic mass is 9.95. The van der Waals surface area contributed by atoms with Crippen LogP contribution in [0.25, 0.3) is 16.7 Å². The summed E-state index contributed by atoms with van der Waals surface area (Å²) in [6.45, 7) is 6.63. The lowest BCUT2D eigenvalue weighted by molar-refractivity contribution is -0.121. The Kier molecular flexibility index (Phi) is 6.53. The molecule has 1 saturated heterocycles. The van der Waals surface area contributed by atoms with Crippen LogP contribution in [-0.2, 0) is 11.3 Å². The van der Waals surface area contributed by atoms with Crippen molar-refractivity contribution in [2.45, 2.75) is 33.2 Å². The van der Waals surface area contributed by atoms with Crippen LogP contribution in [0.3, 0.4) is 0 Å². The van der Waals surface area contributed by atoms with Gasteiger partial charge in [-0.3, -0.25) is 14.3 Å². The summed E-state index contributed by atoms with van der Waals surface area (Å²) >= 11 is 3.60. The van der Waals surface area contributed by atoms with Crippen molar-refractivity contribution in [3.63, 3.8) is 0 Å². The highest BCUT2D eigenvalue weighted by atomic mass is 79.9. The number of piperidine rings is 1. The van der Waals surface area contributed by atoms with Gasteiger partial charge in [-0.25, -0.2) is 4.98 Å². The minimum absolute atomic E-state index is 0.0425. The number of nitrogens with zero attached hydrogens (tertiary/aromatic N) is 3. The van der Waals surface area contributed by atoms with E-state index in [1.54, 1.807) is 0 Å². The van der Waals surface area contributed by atoms with Gasteiger partial charge in [0.1, 0.15) is 5.82 Å². The Balaban J connectivity index is 1.29. The molecule has 0 radical (unpaired) electrons. The Morgan fingerprint density at radius 1 is 1.03 bits per heavy atom. The lowest BCUT2D eigenvalue weighted by Gasteiger charge is -2.31. The number of aromatic nitrogens is 2. The molecule has 174 valence electrons. The number of aryl methyl sites for hydroxylation is 2. The molecule has 5 rings (SSSR count). The first-order chi connectivity index (χ1) is 16.5. The van der Waals surface area contributed by atoms with Gasteiger partial charge in [0.25, 0.3) is 0 Å². The molecular formula is C28H29BrN4O. The molecule has 0 saturated carbocycles. The normalized spacial score (nSPS) is 15.0. The second-order valence-corrected chi connectivity index (χ2v) is 10.1. The number of halogens is 1. The zero-order chi connectivity index (χ0) is 23.7. The van der Waals surface area contributed by atoms with E-state index in [1.807, 2.05) is 31.2 Å². The van der Waals surface area contributed by atoms with Gasteiger partial charge in [0, 0.05) is 21.8 Å². The van der Waals surface area contributed by atoms with E-state index in [9.17, 15) is 4.79 Å². The smallest absolute Gasteiger partial charge is 0.227 e. The molecule has 1 N–H and O–H groups in total. The van der Waals surface area contributed by atoms with Gasteiger partial charge in [0.15, 0.2) is 0 Å². The molecule has 1 aliphatic rings. The average Bonchev–Trinajstić information content (AvgIpc) is 3.19. The van der Waals surface area contributed by atoms with Crippen molar-refractivity contribution in [1.82, 2.24) is 14.5 Å². The lowest BCUT2D eigenvalue weighted by Crippen LogP contribution is -2.38. The van der Waals surface area contributed by atoms with E-state index in [0.717, 1.165) is 70.7 Å². The summed E-state index contributed by atoms with van der Waals surface area (Å²) in [5, 5.41) is 3.15. The van der Waals surface area contributed by atoms with E-state index in [4.69, 9.17) is 4.98 Å². The predicted octanol–water partition coefficient (Wildman–Crippen LogP) is 6.26. The van der Waals surface area contributed by atoms with Crippen LogP contribution in [-0.4, -0.2) is 33.4 Å². The fraction of sp³-hybridized carbons (Fsp3) is 0.286. The van der Waals surface area contributed by atoms with E-state index >= 15 is 0 Å². The number of benzene rings is 3. The molecule has 0 spiro atoms. The van der Waals surface area contributed by atoms with Crippen molar-refractivity contribution in [3.05, 3.63) is 88.2 Å². The van der Waals surface area contributed by atoms with E-state index in [-0.39, 0.29) is 11.8 Å². The molecule has 3 aromatic carbocycles. The zero-order valence-electron chi connectivity index (χ0n) is 19.6. The molecule has 1 amide bonds. The standard InChI is InChI=1S/C28H29BrN4O/c1-19-10-11-24(20(2)16-19)31-28(34)21-12-14-32(15-13-21)18-27-30-25-8-3-4-9-26(25)33(27)23-7-5-6-22(29)17-23/h3-11,16-17,21H,12-15,18H2,1-2H3,(H,31,34). The molecule has 1 aromatic heterocycles. The quantitative estimate of drug-likeness (QED) is 0.340. The third kappa shape index (κ3) is 4.79. The molecule has 2 heterocycles. The van der Waals surface area contributed by atoms with Crippen LogP contribution in [0.1, 0.15) is 29.8 Å². The van der Waals surface area contributed by atoms with Crippen LogP contribution in [0.15, 0.2) is 71.2 Å². The molecule has 5 nitrogen and oxygen atoms in total. The Morgan fingerprint density at radius 2 is 1.82 bits per heavy atom. The topological polar surface area (TPSA) is 50.2 Å². The SMILES string of the molecule is Cc1ccc(NC(=O)C2CCN(Cc3nc4ccccc4n3-c3cccc(Br)c3)CC2)c(C)c1. The molecule has 1 fully saturated rings. The van der Waals surface area contributed by atoms with Crippen LogP contribution in [0.2, 0.25) is 0 Å². The summed E-state index contributed by atoms with van der Waals surface area (Å²) in [5.74, 6) is 1.20. The Bertz CT molecular complexity index is 1340. The molecule has 0 unspecified atom stereocenters. The maximum absolute atomic E-state index is 12.9. The molecule has 4 aromatic rings. The zero-order valence-corrected chi connectivity index (χ0v) is 21.2. The fourth-order valence-corrected chi connectivity index (χ4v) is 5.21. The van der Waals surface area contributed by atoms with Crippen molar-refractivity contribution in [3.8, 4) is 5.69 Å². The first-order valence-electron chi connectivity index (χ1n) is 11.8. The molecule has 34 heavy (non-hydrogen) atoms. The van der Waals surface area contributed by atoms with Crippen molar-refractivity contribution in [2.24, 2.45) is 5.92 Å². The van der Waals surface area contributed by atoms with Crippen molar-refractivity contribution < 1.29 is 4.79 Å². The number of nitrogens with one attached hydrogen (secondary N) is 1. The number of carbonyl (C=O) groups excluding carboxylic acids is 1. The number of amides is 1. The third-order valence-corrected chi connectivity index (χ3v) is 7.15. The third-order valence-electron chi connectivity index (χ3n) is 6.66. The number of likely N-dealkylation sites (tertiary alicyclic amines) is 1. The molecule has 1 aliphatic heterocycles. The van der Waals surface area contributed by atoms with Crippen molar-refractivity contribution in [2.75, 3.05) is 18.4 Å². The molecule has 0 atom stereocenters. The van der Waals surface area contributed by atoms with E-state index in [0.29, 0.717) is 0 Å². The van der Waals surface area contributed by atoms with E-state index < -0.39 is 0 Å². The average molecular weight is 517 g/mol. The molecule has 6 heteroatoms. The van der Waals surface area contributed by atoms with Gasteiger partial charge >= 0.3 is 0 Å². The minimum atomic E-state index is 0.0425. The number of para-hydroxylation sites is 2. The van der Waals surface area contributed by atoms with Crippen molar-refractivity contribution >= 4 is 38.6 Å². The van der Waals surface area contributed by atoms with Crippen LogP contribution in [0.4, 0.5) is 5.69 Å². The fourth-order valence-electron chi connectivity index (χ4n) is 4.83. The van der Waals surface area contributed by atoms with Gasteiger partial charge in [-0.05, 0) is 81.7 Å². The predicted molar refractivity (Wildman–Crippen MR) is 141 cm³/mol. The summed E-state index contributed by atoms with van der Waals surface area (Å²) in [7, 11) is 0. The van der Waals surface area contributed by atoms with Gasteiger partial charge < -0.3 is 5.32 Å². The van der Waals surface area contributed by atoms with Crippen LogP contribution in [0, 0.1) is 19.8 Å². The Morgan fingerprint density at radius 3 is 2.59 bits per heavy atom. The number of imidazole rings is 1. The van der Waals surface area contributed by atoms with Gasteiger partial charge in [0.2, 0.25) is 5.91 Å². The first-order valence-corrected chi connectivity index (χ1v) is 12.6. The molecule has 0 bridgehead atoms. The van der Waals surface area contributed by atoms with E-state index in [2.05, 4.69) is 80.1 Å². The van der Waals surface area contributed by atoms with Crippen molar-refractivity contribution in [1.29, 1.82) is 0 Å². The number of anilines is 1. The van der Waals surface area contributed by atoms with Gasteiger partial charge in [-0.15, -0.1) is 0 Å². The van der Waals surface area contributed by atoms with Gasteiger partial charge in [0.05, 0.1) is 17.6 Å². The highest BCUT2D eigenvalue weighted by Gasteiger charge is 2.26. The Labute approximate surface area is 208 Å². The maximum atomic E-state index is 12.9. The highest BCUT2D eigenvalue weighted by molar-refractivity contribution is 9.10. The highest BCUT2D eigenvalue weighted by Crippen LogP contribution is 2.27. The number of fused-ring (bicyclic) bond motifs is 1. The summed E-state index contributed by atoms with van der Waals surface area (Å²) in [6, 6.07) is 22.8. The largest absolute Gasteiger partial charge is 0.326 e. The number of carbonyl (C=O) groups is 1. The van der Waals surface area contributed by atoms with Crippen LogP contribution in [0.5, 0.6) is 0 Å². The Hall–Kier alpha value is -2.96. The minimum Gasteiger partial charge on any atom is -0.326 e. The van der Waals surface area contributed by atoms with Crippen LogP contribution < -0.4 is 5.32 Å². The second-order valence-electron chi connectivity index (χ2n) is 9.19. The number of rotatable bonds is 5. The van der Waals surface area contributed by atoms with Gasteiger partial charge in [-0.2, -0.15) is 0 Å². The second kappa shape index (κ2) is 9.72. The van der Waals surface area contributed by atoms with Crippen LogP contribution >= 0.6 is 15.9 Å². The molecular weight excluding hydrogens is 488 g/mol. The summed E-state index contributed by atoms with van der Waals surface area (Å²) in [5.41, 5.74) is 6.44. The molecule has 0 aliphatic carbocycles.